The lowest BCUT2D eigenvalue weighted by atomic mass is 9.91. The molecular weight excluding hydrogens is 242 g/mol. The summed E-state index contributed by atoms with van der Waals surface area (Å²) in [5, 5.41) is 5.47. The first-order valence-electron chi connectivity index (χ1n) is 6.45. The molecule has 1 aromatic rings. The molecule has 0 aliphatic carbocycles. The Kier molecular flexibility index (Phi) is 5.48. The van der Waals surface area contributed by atoms with E-state index in [-0.39, 0.29) is 11.8 Å². The molecule has 2 amide bonds. The van der Waals surface area contributed by atoms with Gasteiger partial charge in [-0.3, -0.25) is 14.6 Å². The Hall–Kier alpha value is -1.91. The number of nitrogens with zero attached hydrogens (tertiary/aromatic N) is 1. The van der Waals surface area contributed by atoms with E-state index in [1.807, 2.05) is 25.1 Å². The molecule has 0 spiro atoms. The first-order chi connectivity index (χ1) is 8.98. The topological polar surface area (TPSA) is 71.1 Å². The highest BCUT2D eigenvalue weighted by Gasteiger charge is 2.35. The quantitative estimate of drug-likeness (QED) is 0.759. The number of nitrogens with one attached hydrogen (secondary N) is 2. The van der Waals surface area contributed by atoms with E-state index in [1.54, 1.807) is 20.0 Å². The number of carbonyl (C=O) groups excluding carboxylic acids is 2. The van der Waals surface area contributed by atoms with Gasteiger partial charge in [0.15, 0.2) is 0 Å². The molecule has 0 aliphatic heterocycles. The molecule has 5 nitrogen and oxygen atoms in total. The zero-order valence-corrected chi connectivity index (χ0v) is 11.7. The predicted molar refractivity (Wildman–Crippen MR) is 73.2 cm³/mol. The highest BCUT2D eigenvalue weighted by Crippen LogP contribution is 2.15. The van der Waals surface area contributed by atoms with Gasteiger partial charge in [0.05, 0.1) is 12.2 Å². The minimum Gasteiger partial charge on any atom is -0.355 e. The summed E-state index contributed by atoms with van der Waals surface area (Å²) in [6.45, 7) is 6.10. The van der Waals surface area contributed by atoms with Crippen molar-refractivity contribution in [3.05, 3.63) is 30.1 Å². The molecule has 0 bridgehead atoms. The van der Waals surface area contributed by atoms with Crippen LogP contribution in [0.4, 0.5) is 0 Å². The summed E-state index contributed by atoms with van der Waals surface area (Å²) in [5.41, 5.74) is -0.315. The second-order valence-corrected chi connectivity index (χ2v) is 4.88. The number of amides is 2. The zero-order chi connectivity index (χ0) is 14.3. The van der Waals surface area contributed by atoms with Crippen LogP contribution in [-0.2, 0) is 16.1 Å². The Balaban J connectivity index is 2.54. The van der Waals surface area contributed by atoms with Gasteiger partial charge in [0, 0.05) is 12.7 Å². The van der Waals surface area contributed by atoms with Crippen molar-refractivity contribution in [2.24, 2.45) is 5.41 Å². The van der Waals surface area contributed by atoms with E-state index < -0.39 is 5.41 Å². The Morgan fingerprint density at radius 1 is 1.21 bits per heavy atom. The lowest BCUT2D eigenvalue weighted by molar-refractivity contribution is -0.141. The van der Waals surface area contributed by atoms with Crippen molar-refractivity contribution in [3.63, 3.8) is 0 Å². The largest absolute Gasteiger partial charge is 0.355 e. The highest BCUT2D eigenvalue weighted by molar-refractivity contribution is 6.04. The van der Waals surface area contributed by atoms with Crippen molar-refractivity contribution in [3.8, 4) is 0 Å². The molecule has 0 aliphatic rings. The summed E-state index contributed by atoms with van der Waals surface area (Å²) in [5.74, 6) is -0.556. The van der Waals surface area contributed by atoms with Gasteiger partial charge in [-0.15, -0.1) is 0 Å². The van der Waals surface area contributed by atoms with E-state index in [0.717, 1.165) is 12.1 Å². The van der Waals surface area contributed by atoms with E-state index >= 15 is 0 Å². The maximum atomic E-state index is 12.0. The number of hydrogen-bond acceptors (Lipinski definition) is 3. The number of pyridine rings is 1. The fraction of sp³-hybridized carbons (Fsp3) is 0.500. The van der Waals surface area contributed by atoms with Gasteiger partial charge in [-0.2, -0.15) is 0 Å². The molecule has 1 aromatic heterocycles. The molecule has 1 heterocycles. The summed E-state index contributed by atoms with van der Waals surface area (Å²) in [7, 11) is 0. The molecule has 0 saturated carbocycles. The Bertz CT molecular complexity index is 430. The van der Waals surface area contributed by atoms with Crippen molar-refractivity contribution >= 4 is 11.8 Å². The lowest BCUT2D eigenvalue weighted by Gasteiger charge is -2.22. The average Bonchev–Trinajstić information content (AvgIpc) is 2.42. The summed E-state index contributed by atoms with van der Waals surface area (Å²) >= 11 is 0. The molecule has 2 N–H and O–H groups in total. The lowest BCUT2D eigenvalue weighted by Crippen LogP contribution is -2.47. The van der Waals surface area contributed by atoms with E-state index in [1.165, 1.54) is 0 Å². The van der Waals surface area contributed by atoms with E-state index in [2.05, 4.69) is 15.6 Å². The number of rotatable bonds is 6. The number of aromatic nitrogens is 1. The van der Waals surface area contributed by atoms with Crippen LogP contribution < -0.4 is 10.6 Å². The van der Waals surface area contributed by atoms with Gasteiger partial charge in [-0.25, -0.2) is 0 Å². The average molecular weight is 263 g/mol. The van der Waals surface area contributed by atoms with Crippen molar-refractivity contribution in [2.45, 2.75) is 33.7 Å². The molecular formula is C14H21N3O2. The molecule has 0 saturated heterocycles. The van der Waals surface area contributed by atoms with Gasteiger partial charge in [-0.05, 0) is 32.4 Å². The van der Waals surface area contributed by atoms with Gasteiger partial charge in [0.25, 0.3) is 0 Å². The summed E-state index contributed by atoms with van der Waals surface area (Å²) in [6, 6.07) is 5.49. The third-order valence-electron chi connectivity index (χ3n) is 2.83. The molecule has 5 heteroatoms. The summed E-state index contributed by atoms with van der Waals surface area (Å²) in [4.78, 5) is 28.0. The van der Waals surface area contributed by atoms with Gasteiger partial charge in [-0.1, -0.05) is 13.0 Å². The van der Waals surface area contributed by atoms with Gasteiger partial charge in [0.2, 0.25) is 11.8 Å². The van der Waals surface area contributed by atoms with E-state index in [9.17, 15) is 9.59 Å². The molecule has 0 aromatic carbocycles. The molecule has 104 valence electrons. The van der Waals surface area contributed by atoms with Crippen LogP contribution in [0.25, 0.3) is 0 Å². The van der Waals surface area contributed by atoms with Crippen LogP contribution in [-0.4, -0.2) is 23.3 Å². The second-order valence-electron chi connectivity index (χ2n) is 4.88. The second kappa shape index (κ2) is 6.87. The smallest absolute Gasteiger partial charge is 0.235 e. The maximum absolute atomic E-state index is 12.0. The fourth-order valence-electron chi connectivity index (χ4n) is 1.46. The van der Waals surface area contributed by atoms with E-state index in [4.69, 9.17) is 0 Å². The predicted octanol–water partition coefficient (Wildman–Crippen LogP) is 1.25. The summed E-state index contributed by atoms with van der Waals surface area (Å²) < 4.78 is 0. The Morgan fingerprint density at radius 2 is 1.89 bits per heavy atom. The Labute approximate surface area is 113 Å². The first kappa shape index (κ1) is 15.1. The van der Waals surface area contributed by atoms with Crippen LogP contribution in [0.2, 0.25) is 0 Å². The van der Waals surface area contributed by atoms with E-state index in [0.29, 0.717) is 13.1 Å². The van der Waals surface area contributed by atoms with Crippen LogP contribution in [0.3, 0.4) is 0 Å². The molecule has 19 heavy (non-hydrogen) atoms. The van der Waals surface area contributed by atoms with Gasteiger partial charge in [0.1, 0.15) is 5.41 Å². The van der Waals surface area contributed by atoms with Gasteiger partial charge < -0.3 is 10.6 Å². The minimum absolute atomic E-state index is 0.257. The summed E-state index contributed by atoms with van der Waals surface area (Å²) in [6.07, 6.45) is 2.51. The normalized spacial score (nSPS) is 10.9. The fourth-order valence-corrected chi connectivity index (χ4v) is 1.46. The molecule has 0 radical (unpaired) electrons. The molecule has 1 rings (SSSR count). The number of hydrogen-bond donors (Lipinski definition) is 2. The van der Waals surface area contributed by atoms with Crippen LogP contribution in [0.1, 0.15) is 32.9 Å². The Morgan fingerprint density at radius 3 is 2.47 bits per heavy atom. The van der Waals surface area contributed by atoms with Crippen molar-refractivity contribution in [1.82, 2.24) is 15.6 Å². The van der Waals surface area contributed by atoms with Crippen LogP contribution in [0.15, 0.2) is 24.4 Å². The maximum Gasteiger partial charge on any atom is 0.235 e. The minimum atomic E-state index is -1.08. The number of carbonyl (C=O) groups is 2. The van der Waals surface area contributed by atoms with Crippen LogP contribution in [0.5, 0.6) is 0 Å². The third kappa shape index (κ3) is 4.35. The monoisotopic (exact) mass is 263 g/mol. The first-order valence-corrected chi connectivity index (χ1v) is 6.45. The van der Waals surface area contributed by atoms with Crippen LogP contribution in [0, 0.1) is 5.41 Å². The third-order valence-corrected chi connectivity index (χ3v) is 2.83. The molecule has 0 unspecified atom stereocenters. The van der Waals surface area contributed by atoms with Crippen molar-refractivity contribution in [1.29, 1.82) is 0 Å². The van der Waals surface area contributed by atoms with Crippen molar-refractivity contribution < 1.29 is 9.59 Å². The molecule has 0 atom stereocenters. The molecule has 0 fully saturated rings. The van der Waals surface area contributed by atoms with Crippen molar-refractivity contribution in [2.75, 3.05) is 6.54 Å². The standard InChI is InChI=1S/C14H21N3O2/c1-4-8-16-12(18)14(2,3)13(19)17-10-11-7-5-6-9-15-11/h5-7,9H,4,8,10H2,1-3H3,(H,16,18)(H,17,19). The van der Waals surface area contributed by atoms with Crippen LogP contribution >= 0.6 is 0 Å². The zero-order valence-electron chi connectivity index (χ0n) is 11.7. The SMILES string of the molecule is CCCNC(=O)C(C)(C)C(=O)NCc1ccccn1. The van der Waals surface area contributed by atoms with Gasteiger partial charge >= 0.3 is 0 Å². The highest BCUT2D eigenvalue weighted by atomic mass is 16.2.